The van der Waals surface area contributed by atoms with E-state index in [1.807, 2.05) is 30.3 Å². The first kappa shape index (κ1) is 14.6. The van der Waals surface area contributed by atoms with Gasteiger partial charge in [-0.2, -0.15) is 0 Å². The van der Waals surface area contributed by atoms with Crippen molar-refractivity contribution in [3.05, 3.63) is 36.4 Å². The molecule has 0 amide bonds. The van der Waals surface area contributed by atoms with E-state index in [4.69, 9.17) is 9.47 Å². The van der Waals surface area contributed by atoms with E-state index < -0.39 is 0 Å². The SMILES string of the molecule is CCN(CC)C/C=C/COc1ccccc1OC. The second kappa shape index (κ2) is 8.59. The van der Waals surface area contributed by atoms with Gasteiger partial charge in [0.2, 0.25) is 0 Å². The minimum absolute atomic E-state index is 0.571. The fourth-order valence-corrected chi connectivity index (χ4v) is 1.65. The maximum absolute atomic E-state index is 5.65. The maximum Gasteiger partial charge on any atom is 0.161 e. The maximum atomic E-state index is 5.65. The van der Waals surface area contributed by atoms with Gasteiger partial charge in [-0.05, 0) is 25.2 Å². The summed E-state index contributed by atoms with van der Waals surface area (Å²) in [6.45, 7) is 8.04. The summed E-state index contributed by atoms with van der Waals surface area (Å²) in [6.07, 6.45) is 4.19. The van der Waals surface area contributed by atoms with Crippen molar-refractivity contribution in [3.8, 4) is 11.5 Å². The minimum Gasteiger partial charge on any atom is -0.493 e. The first-order chi connectivity index (χ1) is 8.81. The molecule has 0 aliphatic carbocycles. The van der Waals surface area contributed by atoms with Crippen molar-refractivity contribution >= 4 is 0 Å². The highest BCUT2D eigenvalue weighted by molar-refractivity contribution is 5.39. The van der Waals surface area contributed by atoms with Crippen LogP contribution < -0.4 is 9.47 Å². The Morgan fingerprint density at radius 2 is 1.72 bits per heavy atom. The van der Waals surface area contributed by atoms with Gasteiger partial charge in [0.25, 0.3) is 0 Å². The van der Waals surface area contributed by atoms with E-state index in [2.05, 4.69) is 24.8 Å². The fraction of sp³-hybridized carbons (Fsp3) is 0.467. The van der Waals surface area contributed by atoms with Gasteiger partial charge in [0.15, 0.2) is 11.5 Å². The van der Waals surface area contributed by atoms with Crippen molar-refractivity contribution in [1.29, 1.82) is 0 Å². The second-order valence-corrected chi connectivity index (χ2v) is 3.92. The summed E-state index contributed by atoms with van der Waals surface area (Å²) < 4.78 is 10.9. The molecule has 0 saturated heterocycles. The minimum atomic E-state index is 0.571. The lowest BCUT2D eigenvalue weighted by Gasteiger charge is -2.14. The summed E-state index contributed by atoms with van der Waals surface area (Å²) in [5.74, 6) is 1.56. The van der Waals surface area contributed by atoms with Crippen LogP contribution in [-0.2, 0) is 0 Å². The standard InChI is InChI=1S/C15H23NO2/c1-4-16(5-2)12-8-9-13-18-15-11-7-6-10-14(15)17-3/h6-11H,4-5,12-13H2,1-3H3/b9-8+. The Morgan fingerprint density at radius 3 is 2.33 bits per heavy atom. The molecule has 0 unspecified atom stereocenters. The molecule has 3 heteroatoms. The Hall–Kier alpha value is -1.48. The average molecular weight is 249 g/mol. The molecule has 0 N–H and O–H groups in total. The molecular formula is C15H23NO2. The summed E-state index contributed by atoms with van der Waals surface area (Å²) in [5, 5.41) is 0. The fourth-order valence-electron chi connectivity index (χ4n) is 1.65. The molecule has 1 aromatic rings. The smallest absolute Gasteiger partial charge is 0.161 e. The molecule has 100 valence electrons. The highest BCUT2D eigenvalue weighted by Crippen LogP contribution is 2.25. The molecule has 0 radical (unpaired) electrons. The van der Waals surface area contributed by atoms with Gasteiger partial charge >= 0.3 is 0 Å². The number of para-hydroxylation sites is 2. The van der Waals surface area contributed by atoms with Gasteiger partial charge < -0.3 is 14.4 Å². The molecule has 1 aromatic carbocycles. The molecule has 0 fully saturated rings. The topological polar surface area (TPSA) is 21.7 Å². The van der Waals surface area contributed by atoms with Gasteiger partial charge in [0.05, 0.1) is 7.11 Å². The molecule has 0 aliphatic rings. The molecule has 0 aromatic heterocycles. The van der Waals surface area contributed by atoms with Crippen LogP contribution in [0.1, 0.15) is 13.8 Å². The van der Waals surface area contributed by atoms with E-state index in [1.54, 1.807) is 7.11 Å². The van der Waals surface area contributed by atoms with Crippen LogP contribution in [0.15, 0.2) is 36.4 Å². The summed E-state index contributed by atoms with van der Waals surface area (Å²) in [4.78, 5) is 2.35. The monoisotopic (exact) mass is 249 g/mol. The predicted molar refractivity (Wildman–Crippen MR) is 75.4 cm³/mol. The first-order valence-electron chi connectivity index (χ1n) is 6.45. The first-order valence-corrected chi connectivity index (χ1v) is 6.45. The largest absolute Gasteiger partial charge is 0.493 e. The molecule has 3 nitrogen and oxygen atoms in total. The zero-order valence-corrected chi connectivity index (χ0v) is 11.6. The number of benzene rings is 1. The van der Waals surface area contributed by atoms with E-state index in [9.17, 15) is 0 Å². The molecular weight excluding hydrogens is 226 g/mol. The Morgan fingerprint density at radius 1 is 1.06 bits per heavy atom. The third-order valence-corrected chi connectivity index (χ3v) is 2.83. The number of rotatable bonds is 8. The number of likely N-dealkylation sites (N-methyl/N-ethyl adjacent to an activating group) is 1. The Balaban J connectivity index is 2.35. The van der Waals surface area contributed by atoms with Gasteiger partial charge in [-0.15, -0.1) is 0 Å². The Bertz CT molecular complexity index is 359. The number of hydrogen-bond acceptors (Lipinski definition) is 3. The van der Waals surface area contributed by atoms with Gasteiger partial charge in [-0.3, -0.25) is 0 Å². The third kappa shape index (κ3) is 4.80. The number of nitrogens with zero attached hydrogens (tertiary/aromatic N) is 1. The van der Waals surface area contributed by atoms with Crippen LogP contribution in [-0.4, -0.2) is 38.3 Å². The van der Waals surface area contributed by atoms with Crippen LogP contribution in [0.3, 0.4) is 0 Å². The normalized spacial score (nSPS) is 11.1. The van der Waals surface area contributed by atoms with Crippen molar-refractivity contribution in [2.45, 2.75) is 13.8 Å². The zero-order valence-electron chi connectivity index (χ0n) is 11.6. The van der Waals surface area contributed by atoms with Gasteiger partial charge in [-0.25, -0.2) is 0 Å². The second-order valence-electron chi connectivity index (χ2n) is 3.92. The van der Waals surface area contributed by atoms with E-state index in [0.29, 0.717) is 6.61 Å². The van der Waals surface area contributed by atoms with Crippen molar-refractivity contribution in [1.82, 2.24) is 4.90 Å². The molecule has 1 rings (SSSR count). The lowest BCUT2D eigenvalue weighted by atomic mass is 10.3. The molecule has 18 heavy (non-hydrogen) atoms. The molecule has 0 saturated carbocycles. The van der Waals surface area contributed by atoms with Crippen LogP contribution >= 0.6 is 0 Å². The van der Waals surface area contributed by atoms with Gasteiger partial charge in [-0.1, -0.05) is 38.1 Å². The summed E-state index contributed by atoms with van der Waals surface area (Å²) >= 11 is 0. The van der Waals surface area contributed by atoms with Crippen LogP contribution in [0, 0.1) is 0 Å². The Labute approximate surface area is 110 Å². The third-order valence-electron chi connectivity index (χ3n) is 2.83. The average Bonchev–Trinajstić information content (AvgIpc) is 2.43. The van der Waals surface area contributed by atoms with Crippen LogP contribution in [0.5, 0.6) is 11.5 Å². The quantitative estimate of drug-likeness (QED) is 0.661. The lowest BCUT2D eigenvalue weighted by Crippen LogP contribution is -2.22. The van der Waals surface area contributed by atoms with E-state index in [1.165, 1.54) is 0 Å². The van der Waals surface area contributed by atoms with Gasteiger partial charge in [0, 0.05) is 6.54 Å². The lowest BCUT2D eigenvalue weighted by molar-refractivity contribution is 0.321. The molecule has 0 spiro atoms. The van der Waals surface area contributed by atoms with E-state index in [-0.39, 0.29) is 0 Å². The highest BCUT2D eigenvalue weighted by atomic mass is 16.5. The number of methoxy groups -OCH3 is 1. The van der Waals surface area contributed by atoms with Crippen LogP contribution in [0.25, 0.3) is 0 Å². The number of hydrogen-bond donors (Lipinski definition) is 0. The predicted octanol–water partition coefficient (Wildman–Crippen LogP) is 2.97. The summed E-state index contributed by atoms with van der Waals surface area (Å²) in [7, 11) is 1.65. The van der Waals surface area contributed by atoms with E-state index >= 15 is 0 Å². The summed E-state index contributed by atoms with van der Waals surface area (Å²) in [6, 6.07) is 7.69. The van der Waals surface area contributed by atoms with Crippen LogP contribution in [0.2, 0.25) is 0 Å². The van der Waals surface area contributed by atoms with Crippen LogP contribution in [0.4, 0.5) is 0 Å². The summed E-state index contributed by atoms with van der Waals surface area (Å²) in [5.41, 5.74) is 0. The zero-order chi connectivity index (χ0) is 13.2. The van der Waals surface area contributed by atoms with Crippen molar-refractivity contribution in [2.75, 3.05) is 33.4 Å². The molecule has 0 bridgehead atoms. The highest BCUT2D eigenvalue weighted by Gasteiger charge is 2.00. The molecule has 0 atom stereocenters. The van der Waals surface area contributed by atoms with Crippen molar-refractivity contribution < 1.29 is 9.47 Å². The molecule has 0 heterocycles. The van der Waals surface area contributed by atoms with E-state index in [0.717, 1.165) is 31.1 Å². The van der Waals surface area contributed by atoms with Gasteiger partial charge in [0.1, 0.15) is 6.61 Å². The molecule has 0 aliphatic heterocycles. The van der Waals surface area contributed by atoms with Crippen molar-refractivity contribution in [3.63, 3.8) is 0 Å². The Kier molecular flexibility index (Phi) is 6.96. The van der Waals surface area contributed by atoms with Crippen molar-refractivity contribution in [2.24, 2.45) is 0 Å². The number of ether oxygens (including phenoxy) is 2.